The van der Waals surface area contributed by atoms with Gasteiger partial charge in [-0.1, -0.05) is 11.6 Å². The molecule has 0 atom stereocenters. The Hall–Kier alpha value is -1.03. The summed E-state index contributed by atoms with van der Waals surface area (Å²) in [6.07, 6.45) is 2.03. The first-order valence-corrected chi connectivity index (χ1v) is 6.56. The molecule has 1 fully saturated rings. The molecule has 2 aromatic rings. The molecule has 3 nitrogen and oxygen atoms in total. The van der Waals surface area contributed by atoms with E-state index in [1.165, 1.54) is 0 Å². The van der Waals surface area contributed by atoms with Crippen LogP contribution in [0, 0.1) is 0 Å². The van der Waals surface area contributed by atoms with Crippen LogP contribution >= 0.6 is 24.0 Å². The molecule has 1 N–H and O–H groups in total. The fourth-order valence-electron chi connectivity index (χ4n) is 2.45. The van der Waals surface area contributed by atoms with Crippen molar-refractivity contribution in [1.82, 2.24) is 5.32 Å². The summed E-state index contributed by atoms with van der Waals surface area (Å²) < 4.78 is 5.85. The second-order valence-corrected chi connectivity index (χ2v) is 5.11. The minimum Gasteiger partial charge on any atom is -0.461 e. The average molecular weight is 300 g/mol. The largest absolute Gasteiger partial charge is 0.461 e. The minimum atomic E-state index is -0.00715. The zero-order valence-corrected chi connectivity index (χ0v) is 11.9. The molecule has 102 valence electrons. The van der Waals surface area contributed by atoms with Crippen LogP contribution in [0.1, 0.15) is 24.5 Å². The van der Waals surface area contributed by atoms with Gasteiger partial charge in [-0.15, -0.1) is 12.4 Å². The van der Waals surface area contributed by atoms with Gasteiger partial charge in [0.25, 0.3) is 0 Å². The van der Waals surface area contributed by atoms with Crippen molar-refractivity contribution in [3.05, 3.63) is 45.3 Å². The first kappa shape index (κ1) is 14.4. The van der Waals surface area contributed by atoms with E-state index in [-0.39, 0.29) is 17.8 Å². The Kier molecular flexibility index (Phi) is 4.50. The number of piperidine rings is 1. The van der Waals surface area contributed by atoms with Gasteiger partial charge in [-0.25, -0.2) is 0 Å². The average Bonchev–Trinajstić information content (AvgIpc) is 2.40. The number of halogens is 2. The van der Waals surface area contributed by atoms with Gasteiger partial charge < -0.3 is 9.73 Å². The van der Waals surface area contributed by atoms with E-state index in [4.69, 9.17) is 16.0 Å². The van der Waals surface area contributed by atoms with Crippen LogP contribution in [0.3, 0.4) is 0 Å². The lowest BCUT2D eigenvalue weighted by atomic mass is 9.95. The third-order valence-corrected chi connectivity index (χ3v) is 3.68. The van der Waals surface area contributed by atoms with E-state index < -0.39 is 0 Å². The van der Waals surface area contributed by atoms with Crippen LogP contribution in [0.4, 0.5) is 0 Å². The van der Waals surface area contributed by atoms with Crippen LogP contribution in [0.15, 0.2) is 33.5 Å². The smallest absolute Gasteiger partial charge is 0.193 e. The van der Waals surface area contributed by atoms with Gasteiger partial charge in [0.1, 0.15) is 11.3 Å². The molecule has 1 aromatic carbocycles. The minimum absolute atomic E-state index is 0. The summed E-state index contributed by atoms with van der Waals surface area (Å²) >= 11 is 5.89. The molecule has 19 heavy (non-hydrogen) atoms. The molecule has 3 rings (SSSR count). The van der Waals surface area contributed by atoms with Crippen molar-refractivity contribution in [2.24, 2.45) is 0 Å². The Morgan fingerprint density at radius 2 is 1.95 bits per heavy atom. The first-order chi connectivity index (χ1) is 8.74. The van der Waals surface area contributed by atoms with Gasteiger partial charge in [0.15, 0.2) is 5.43 Å². The summed E-state index contributed by atoms with van der Waals surface area (Å²) in [7, 11) is 0. The summed E-state index contributed by atoms with van der Waals surface area (Å²) in [4.78, 5) is 12.1. The van der Waals surface area contributed by atoms with Crippen LogP contribution in [0.5, 0.6) is 0 Å². The normalized spacial score (nSPS) is 16.3. The standard InChI is InChI=1S/C14H14ClNO2.ClH/c15-10-1-2-13-11(7-10)12(17)8-14(18-13)9-3-5-16-6-4-9;/h1-2,7-9,16H,3-6H2;1H. The third-order valence-electron chi connectivity index (χ3n) is 3.45. The van der Waals surface area contributed by atoms with Crippen molar-refractivity contribution in [2.75, 3.05) is 13.1 Å². The first-order valence-electron chi connectivity index (χ1n) is 6.18. The predicted molar refractivity (Wildman–Crippen MR) is 79.6 cm³/mol. The lowest BCUT2D eigenvalue weighted by molar-refractivity contribution is 0.392. The van der Waals surface area contributed by atoms with E-state index in [2.05, 4.69) is 5.32 Å². The topological polar surface area (TPSA) is 42.2 Å². The van der Waals surface area contributed by atoms with Gasteiger partial charge in [-0.3, -0.25) is 4.79 Å². The highest BCUT2D eigenvalue weighted by atomic mass is 35.5. The van der Waals surface area contributed by atoms with E-state index in [1.807, 2.05) is 0 Å². The fraction of sp³-hybridized carbons (Fsp3) is 0.357. The lowest BCUT2D eigenvalue weighted by Crippen LogP contribution is -2.27. The van der Waals surface area contributed by atoms with Gasteiger partial charge in [0, 0.05) is 17.0 Å². The van der Waals surface area contributed by atoms with Gasteiger partial charge >= 0.3 is 0 Å². The molecule has 0 aliphatic carbocycles. The molecule has 0 amide bonds. The maximum Gasteiger partial charge on any atom is 0.193 e. The summed E-state index contributed by atoms with van der Waals surface area (Å²) in [5, 5.41) is 4.42. The van der Waals surface area contributed by atoms with Crippen molar-refractivity contribution < 1.29 is 4.42 Å². The number of nitrogens with one attached hydrogen (secondary N) is 1. The number of hydrogen-bond donors (Lipinski definition) is 1. The van der Waals surface area contributed by atoms with Crippen molar-refractivity contribution >= 4 is 35.0 Å². The Labute approximate surface area is 122 Å². The SMILES string of the molecule is Cl.O=c1cc(C2CCNCC2)oc2ccc(Cl)cc12. The number of rotatable bonds is 1. The van der Waals surface area contributed by atoms with Crippen molar-refractivity contribution in [2.45, 2.75) is 18.8 Å². The second kappa shape index (κ2) is 5.95. The highest BCUT2D eigenvalue weighted by molar-refractivity contribution is 6.31. The van der Waals surface area contributed by atoms with E-state index in [1.54, 1.807) is 24.3 Å². The Bertz CT molecular complexity index is 633. The number of hydrogen-bond acceptors (Lipinski definition) is 3. The zero-order chi connectivity index (χ0) is 12.5. The number of fused-ring (bicyclic) bond motifs is 1. The Balaban J connectivity index is 0.00000133. The molecule has 1 aliphatic rings. The molecule has 5 heteroatoms. The number of benzene rings is 1. The molecule has 1 aliphatic heterocycles. The van der Waals surface area contributed by atoms with Gasteiger partial charge in [0.2, 0.25) is 0 Å². The summed E-state index contributed by atoms with van der Waals surface area (Å²) in [6, 6.07) is 6.80. The molecular formula is C14H15Cl2NO2. The van der Waals surface area contributed by atoms with E-state index in [9.17, 15) is 4.79 Å². The predicted octanol–water partition coefficient (Wildman–Crippen LogP) is 3.34. The van der Waals surface area contributed by atoms with E-state index in [0.717, 1.165) is 31.7 Å². The molecule has 2 heterocycles. The molecule has 0 radical (unpaired) electrons. The second-order valence-electron chi connectivity index (χ2n) is 4.68. The quantitative estimate of drug-likeness (QED) is 0.878. The van der Waals surface area contributed by atoms with Crippen molar-refractivity contribution in [1.29, 1.82) is 0 Å². The van der Waals surface area contributed by atoms with Crippen LogP contribution in [-0.2, 0) is 0 Å². The van der Waals surface area contributed by atoms with Crippen molar-refractivity contribution in [3.8, 4) is 0 Å². The molecule has 0 bridgehead atoms. The molecule has 1 aromatic heterocycles. The van der Waals surface area contributed by atoms with Gasteiger partial charge in [0.05, 0.1) is 5.39 Å². The maximum atomic E-state index is 12.1. The van der Waals surface area contributed by atoms with Crippen molar-refractivity contribution in [3.63, 3.8) is 0 Å². The fourth-order valence-corrected chi connectivity index (χ4v) is 2.63. The van der Waals surface area contributed by atoms with Crippen LogP contribution in [0.2, 0.25) is 5.02 Å². The monoisotopic (exact) mass is 299 g/mol. The molecule has 1 saturated heterocycles. The summed E-state index contributed by atoms with van der Waals surface area (Å²) in [5.74, 6) is 1.15. The van der Waals surface area contributed by atoms with Crippen LogP contribution < -0.4 is 10.7 Å². The zero-order valence-electron chi connectivity index (χ0n) is 10.3. The Morgan fingerprint density at radius 3 is 2.68 bits per heavy atom. The lowest BCUT2D eigenvalue weighted by Gasteiger charge is -2.21. The van der Waals surface area contributed by atoms with E-state index in [0.29, 0.717) is 21.9 Å². The molecular weight excluding hydrogens is 285 g/mol. The van der Waals surface area contributed by atoms with Gasteiger partial charge in [-0.05, 0) is 44.1 Å². The van der Waals surface area contributed by atoms with E-state index >= 15 is 0 Å². The Morgan fingerprint density at radius 1 is 1.21 bits per heavy atom. The highest BCUT2D eigenvalue weighted by Crippen LogP contribution is 2.27. The summed E-state index contributed by atoms with van der Waals surface area (Å²) in [5.41, 5.74) is 0.618. The van der Waals surface area contributed by atoms with Crippen LogP contribution in [0.25, 0.3) is 11.0 Å². The van der Waals surface area contributed by atoms with Crippen LogP contribution in [-0.4, -0.2) is 13.1 Å². The third kappa shape index (κ3) is 2.94. The highest BCUT2D eigenvalue weighted by Gasteiger charge is 2.18. The molecule has 0 unspecified atom stereocenters. The van der Waals surface area contributed by atoms with Gasteiger partial charge in [-0.2, -0.15) is 0 Å². The maximum absolute atomic E-state index is 12.1. The molecule has 0 spiro atoms. The molecule has 0 saturated carbocycles. The summed E-state index contributed by atoms with van der Waals surface area (Å²) in [6.45, 7) is 1.96.